The standard InChI is InChI=1S/C23H22IN5O2/c1-23(2,3)31-22(30)28(15-16-8-7-11-25-13-16)20-12-19(17-9-5-4-6-10-17)27-21-18(24)14-26-29(20)21/h4-14H,15H2,1-3H3. The van der Waals surface area contributed by atoms with Crippen molar-refractivity contribution in [3.05, 3.63) is 76.3 Å². The Morgan fingerprint density at radius 1 is 1.13 bits per heavy atom. The van der Waals surface area contributed by atoms with Gasteiger partial charge in [-0.3, -0.25) is 9.88 Å². The molecule has 0 saturated heterocycles. The van der Waals surface area contributed by atoms with Crippen molar-refractivity contribution in [1.82, 2.24) is 19.6 Å². The van der Waals surface area contributed by atoms with Crippen LogP contribution in [0.25, 0.3) is 16.9 Å². The summed E-state index contributed by atoms with van der Waals surface area (Å²) in [6, 6.07) is 15.5. The largest absolute Gasteiger partial charge is 0.443 e. The summed E-state index contributed by atoms with van der Waals surface area (Å²) in [5.41, 5.74) is 2.62. The van der Waals surface area contributed by atoms with Crippen molar-refractivity contribution < 1.29 is 9.53 Å². The van der Waals surface area contributed by atoms with Crippen molar-refractivity contribution in [3.8, 4) is 11.3 Å². The smallest absolute Gasteiger partial charge is 0.416 e. The summed E-state index contributed by atoms with van der Waals surface area (Å²) in [6.07, 6.45) is 4.71. The lowest BCUT2D eigenvalue weighted by Crippen LogP contribution is -2.37. The molecule has 158 valence electrons. The molecule has 0 spiro atoms. The molecule has 8 heteroatoms. The van der Waals surface area contributed by atoms with Gasteiger partial charge in [0.15, 0.2) is 5.65 Å². The number of rotatable bonds is 4. The van der Waals surface area contributed by atoms with Crippen LogP contribution in [0.15, 0.2) is 67.1 Å². The second kappa shape index (κ2) is 8.62. The Kier molecular flexibility index (Phi) is 5.90. The lowest BCUT2D eigenvalue weighted by molar-refractivity contribution is 0.0575. The Labute approximate surface area is 194 Å². The zero-order valence-electron chi connectivity index (χ0n) is 17.5. The molecule has 1 aromatic carbocycles. The van der Waals surface area contributed by atoms with Gasteiger partial charge in [-0.25, -0.2) is 9.78 Å². The summed E-state index contributed by atoms with van der Waals surface area (Å²) in [4.78, 5) is 23.8. The van der Waals surface area contributed by atoms with E-state index in [0.29, 0.717) is 11.5 Å². The van der Waals surface area contributed by atoms with E-state index in [1.165, 1.54) is 0 Å². The fourth-order valence-electron chi connectivity index (χ4n) is 3.10. The number of benzene rings is 1. The Bertz CT molecular complexity index is 1200. The number of ether oxygens (including phenoxy) is 1. The summed E-state index contributed by atoms with van der Waals surface area (Å²) in [5, 5.41) is 4.48. The SMILES string of the molecule is CC(C)(C)OC(=O)N(Cc1cccnc1)c1cc(-c2ccccc2)nc2c(I)cnn12. The van der Waals surface area contributed by atoms with E-state index in [4.69, 9.17) is 9.72 Å². The van der Waals surface area contributed by atoms with E-state index in [2.05, 4.69) is 32.7 Å². The number of anilines is 1. The van der Waals surface area contributed by atoms with Gasteiger partial charge >= 0.3 is 6.09 Å². The molecule has 4 aromatic rings. The van der Waals surface area contributed by atoms with E-state index in [0.717, 1.165) is 20.4 Å². The monoisotopic (exact) mass is 527 g/mol. The zero-order valence-corrected chi connectivity index (χ0v) is 19.6. The highest BCUT2D eigenvalue weighted by molar-refractivity contribution is 14.1. The molecule has 0 radical (unpaired) electrons. The first-order valence-corrected chi connectivity index (χ1v) is 10.9. The first kappa shape index (κ1) is 21.2. The van der Waals surface area contributed by atoms with E-state index in [1.54, 1.807) is 28.0 Å². The van der Waals surface area contributed by atoms with Gasteiger partial charge < -0.3 is 4.74 Å². The maximum Gasteiger partial charge on any atom is 0.416 e. The summed E-state index contributed by atoms with van der Waals surface area (Å²) in [6.45, 7) is 5.83. The van der Waals surface area contributed by atoms with Gasteiger partial charge in [0.05, 0.1) is 22.0 Å². The molecule has 0 saturated carbocycles. The van der Waals surface area contributed by atoms with Gasteiger partial charge in [0.2, 0.25) is 0 Å². The van der Waals surface area contributed by atoms with Crippen molar-refractivity contribution in [1.29, 1.82) is 0 Å². The van der Waals surface area contributed by atoms with Crippen LogP contribution in [0.5, 0.6) is 0 Å². The lowest BCUT2D eigenvalue weighted by atomic mass is 10.1. The van der Waals surface area contributed by atoms with E-state index in [1.807, 2.05) is 69.3 Å². The second-order valence-electron chi connectivity index (χ2n) is 8.02. The number of fused-ring (bicyclic) bond motifs is 1. The molecule has 0 bridgehead atoms. The molecule has 3 aromatic heterocycles. The molecule has 0 aliphatic rings. The molecule has 3 heterocycles. The summed E-state index contributed by atoms with van der Waals surface area (Å²) in [7, 11) is 0. The predicted octanol–water partition coefficient (Wildman–Crippen LogP) is 5.34. The highest BCUT2D eigenvalue weighted by Gasteiger charge is 2.27. The number of nitrogens with zero attached hydrogens (tertiary/aromatic N) is 5. The van der Waals surface area contributed by atoms with Crippen LogP contribution in [0, 0.1) is 3.57 Å². The molecule has 0 aliphatic carbocycles. The number of carbonyl (C=O) groups excluding carboxylic acids is 1. The van der Waals surface area contributed by atoms with Gasteiger partial charge in [0, 0.05) is 24.0 Å². The highest BCUT2D eigenvalue weighted by atomic mass is 127. The Morgan fingerprint density at radius 3 is 2.58 bits per heavy atom. The van der Waals surface area contributed by atoms with Crippen LogP contribution in [-0.2, 0) is 11.3 Å². The zero-order chi connectivity index (χ0) is 22.0. The van der Waals surface area contributed by atoms with E-state index in [-0.39, 0.29) is 6.54 Å². The number of aromatic nitrogens is 4. The number of carbonyl (C=O) groups is 1. The number of pyridine rings is 1. The number of hydrogen-bond donors (Lipinski definition) is 0. The molecule has 7 nitrogen and oxygen atoms in total. The maximum absolute atomic E-state index is 13.3. The molecule has 0 aliphatic heterocycles. The summed E-state index contributed by atoms with van der Waals surface area (Å²) in [5.74, 6) is 0.574. The minimum absolute atomic E-state index is 0.284. The van der Waals surface area contributed by atoms with Gasteiger partial charge in [-0.1, -0.05) is 36.4 Å². The van der Waals surface area contributed by atoms with Crippen molar-refractivity contribution in [3.63, 3.8) is 0 Å². The van der Waals surface area contributed by atoms with Crippen LogP contribution in [0.4, 0.5) is 10.6 Å². The van der Waals surface area contributed by atoms with Crippen molar-refractivity contribution in [2.75, 3.05) is 4.90 Å². The highest BCUT2D eigenvalue weighted by Crippen LogP contribution is 2.28. The van der Waals surface area contributed by atoms with Crippen LogP contribution in [0.2, 0.25) is 0 Å². The molecule has 1 amide bonds. The third-order valence-corrected chi connectivity index (χ3v) is 5.19. The first-order valence-electron chi connectivity index (χ1n) is 9.81. The maximum atomic E-state index is 13.3. The molecular formula is C23H22IN5O2. The summed E-state index contributed by atoms with van der Waals surface area (Å²) < 4.78 is 8.30. The normalized spacial score (nSPS) is 11.5. The summed E-state index contributed by atoms with van der Waals surface area (Å²) >= 11 is 2.20. The van der Waals surface area contributed by atoms with Gasteiger partial charge in [0.25, 0.3) is 0 Å². The van der Waals surface area contributed by atoms with E-state index in [9.17, 15) is 4.79 Å². The van der Waals surface area contributed by atoms with Crippen molar-refractivity contribution in [2.24, 2.45) is 0 Å². The second-order valence-corrected chi connectivity index (χ2v) is 9.18. The Hall–Kier alpha value is -3.01. The van der Waals surface area contributed by atoms with Gasteiger partial charge in [-0.2, -0.15) is 9.61 Å². The average molecular weight is 527 g/mol. The lowest BCUT2D eigenvalue weighted by Gasteiger charge is -2.28. The fourth-order valence-corrected chi connectivity index (χ4v) is 3.57. The number of hydrogen-bond acceptors (Lipinski definition) is 5. The number of halogens is 1. The fraction of sp³-hybridized carbons (Fsp3) is 0.217. The van der Waals surface area contributed by atoms with Crippen LogP contribution < -0.4 is 4.90 Å². The van der Waals surface area contributed by atoms with Gasteiger partial charge in [-0.05, 0) is 55.0 Å². The van der Waals surface area contributed by atoms with Gasteiger partial charge in [0.1, 0.15) is 11.4 Å². The Balaban J connectivity index is 1.88. The van der Waals surface area contributed by atoms with Crippen LogP contribution >= 0.6 is 22.6 Å². The van der Waals surface area contributed by atoms with E-state index < -0.39 is 11.7 Å². The predicted molar refractivity (Wildman–Crippen MR) is 128 cm³/mol. The molecular weight excluding hydrogens is 505 g/mol. The van der Waals surface area contributed by atoms with Gasteiger partial charge in [-0.15, -0.1) is 0 Å². The van der Waals surface area contributed by atoms with Crippen molar-refractivity contribution >= 4 is 40.1 Å². The minimum atomic E-state index is -0.642. The molecule has 31 heavy (non-hydrogen) atoms. The topological polar surface area (TPSA) is 72.6 Å². The number of amides is 1. The molecule has 0 fully saturated rings. The molecule has 0 atom stereocenters. The average Bonchev–Trinajstić information content (AvgIpc) is 3.12. The third kappa shape index (κ3) is 4.84. The first-order chi connectivity index (χ1) is 14.8. The van der Waals surface area contributed by atoms with Crippen LogP contribution in [-0.4, -0.2) is 31.3 Å². The molecule has 0 N–H and O–H groups in total. The Morgan fingerprint density at radius 2 is 1.90 bits per heavy atom. The third-order valence-electron chi connectivity index (χ3n) is 4.43. The molecule has 4 rings (SSSR count). The minimum Gasteiger partial charge on any atom is -0.443 e. The van der Waals surface area contributed by atoms with Crippen LogP contribution in [0.1, 0.15) is 26.3 Å². The quantitative estimate of drug-likeness (QED) is 0.335. The van der Waals surface area contributed by atoms with E-state index >= 15 is 0 Å². The molecule has 0 unspecified atom stereocenters. The van der Waals surface area contributed by atoms with Crippen LogP contribution in [0.3, 0.4) is 0 Å². The van der Waals surface area contributed by atoms with Crippen molar-refractivity contribution in [2.45, 2.75) is 32.9 Å².